The molecule has 5 heteroatoms. The van der Waals surface area contributed by atoms with Gasteiger partial charge < -0.3 is 9.13 Å². The first-order chi connectivity index (χ1) is 7.56. The molecule has 0 N–H and O–H groups in total. The fourth-order valence-corrected chi connectivity index (χ4v) is 1.72. The maximum atomic E-state index is 13.7. The molecule has 1 atom stereocenters. The second-order valence-corrected chi connectivity index (χ2v) is 4.00. The monoisotopic (exact) mass is 223 g/mol. The third-order valence-electron chi connectivity index (χ3n) is 2.91. The van der Waals surface area contributed by atoms with Crippen molar-refractivity contribution in [3.05, 3.63) is 28.7 Å². The van der Waals surface area contributed by atoms with E-state index in [-0.39, 0.29) is 17.0 Å². The average Bonchev–Trinajstić information content (AvgIpc) is 2.61. The third-order valence-corrected chi connectivity index (χ3v) is 2.91. The lowest BCUT2D eigenvalue weighted by molar-refractivity contribution is 0.531. The van der Waals surface area contributed by atoms with E-state index in [2.05, 4.69) is 4.98 Å². The SMILES string of the molecule is CCC(C)n1cc(F)c2c(=O)n(C)cnc21. The summed E-state index contributed by atoms with van der Waals surface area (Å²) in [7, 11) is 1.56. The van der Waals surface area contributed by atoms with Crippen molar-refractivity contribution < 1.29 is 4.39 Å². The predicted molar refractivity (Wildman–Crippen MR) is 59.9 cm³/mol. The molecule has 2 rings (SSSR count). The Hall–Kier alpha value is -1.65. The summed E-state index contributed by atoms with van der Waals surface area (Å²) in [6.45, 7) is 3.98. The minimum Gasteiger partial charge on any atom is -0.326 e. The Morgan fingerprint density at radius 2 is 2.25 bits per heavy atom. The van der Waals surface area contributed by atoms with Crippen molar-refractivity contribution in [2.45, 2.75) is 26.3 Å². The minimum atomic E-state index is -0.496. The van der Waals surface area contributed by atoms with Crippen molar-refractivity contribution in [3.8, 4) is 0 Å². The summed E-state index contributed by atoms with van der Waals surface area (Å²) in [6.07, 6.45) is 3.64. The van der Waals surface area contributed by atoms with E-state index in [1.165, 1.54) is 17.1 Å². The number of nitrogens with zero attached hydrogens (tertiary/aromatic N) is 3. The molecule has 0 aliphatic heterocycles. The second kappa shape index (κ2) is 3.73. The average molecular weight is 223 g/mol. The number of aryl methyl sites for hydroxylation is 1. The molecule has 0 aliphatic carbocycles. The van der Waals surface area contributed by atoms with Gasteiger partial charge in [-0.2, -0.15) is 0 Å². The van der Waals surface area contributed by atoms with Crippen LogP contribution in [0.1, 0.15) is 26.3 Å². The topological polar surface area (TPSA) is 39.8 Å². The maximum Gasteiger partial charge on any atom is 0.265 e. The van der Waals surface area contributed by atoms with Gasteiger partial charge in [0.2, 0.25) is 0 Å². The molecule has 2 heterocycles. The number of hydrogen-bond donors (Lipinski definition) is 0. The Bertz CT molecular complexity index is 585. The number of aromatic nitrogens is 3. The standard InChI is InChI=1S/C11H14FN3O/c1-4-7(2)15-5-8(12)9-10(15)13-6-14(3)11(9)16/h5-7H,4H2,1-3H3. The van der Waals surface area contributed by atoms with Gasteiger partial charge in [0.1, 0.15) is 5.39 Å². The van der Waals surface area contributed by atoms with Gasteiger partial charge in [-0.15, -0.1) is 0 Å². The van der Waals surface area contributed by atoms with Crippen LogP contribution in [0.3, 0.4) is 0 Å². The van der Waals surface area contributed by atoms with Crippen molar-refractivity contribution >= 4 is 11.0 Å². The molecule has 0 amide bonds. The highest BCUT2D eigenvalue weighted by molar-refractivity contribution is 5.75. The van der Waals surface area contributed by atoms with Gasteiger partial charge in [0.15, 0.2) is 11.5 Å². The summed E-state index contributed by atoms with van der Waals surface area (Å²) in [5, 5.41) is 0.0744. The highest BCUT2D eigenvalue weighted by atomic mass is 19.1. The van der Waals surface area contributed by atoms with E-state index in [9.17, 15) is 9.18 Å². The van der Waals surface area contributed by atoms with E-state index in [0.717, 1.165) is 6.42 Å². The molecule has 0 radical (unpaired) electrons. The van der Waals surface area contributed by atoms with Crippen molar-refractivity contribution in [2.75, 3.05) is 0 Å². The highest BCUT2D eigenvalue weighted by Crippen LogP contribution is 2.20. The number of hydrogen-bond acceptors (Lipinski definition) is 2. The summed E-state index contributed by atoms with van der Waals surface area (Å²) < 4.78 is 16.7. The lowest BCUT2D eigenvalue weighted by Gasteiger charge is -2.11. The van der Waals surface area contributed by atoms with E-state index in [0.29, 0.717) is 5.65 Å². The molecule has 0 aliphatic rings. The maximum absolute atomic E-state index is 13.7. The van der Waals surface area contributed by atoms with E-state index in [1.807, 2.05) is 13.8 Å². The Morgan fingerprint density at radius 3 is 2.88 bits per heavy atom. The summed E-state index contributed by atoms with van der Waals surface area (Å²) in [6, 6.07) is 0.131. The van der Waals surface area contributed by atoms with Gasteiger partial charge in [0.05, 0.1) is 6.33 Å². The third kappa shape index (κ3) is 1.43. The van der Waals surface area contributed by atoms with Crippen LogP contribution in [0, 0.1) is 5.82 Å². The van der Waals surface area contributed by atoms with Crippen LogP contribution in [0.4, 0.5) is 4.39 Å². The summed E-state index contributed by atoms with van der Waals surface area (Å²) in [5.41, 5.74) is 0.0829. The van der Waals surface area contributed by atoms with Crippen molar-refractivity contribution in [1.82, 2.24) is 14.1 Å². The molecule has 16 heavy (non-hydrogen) atoms. The van der Waals surface area contributed by atoms with Gasteiger partial charge in [-0.05, 0) is 13.3 Å². The first-order valence-corrected chi connectivity index (χ1v) is 5.28. The number of fused-ring (bicyclic) bond motifs is 1. The van der Waals surface area contributed by atoms with Gasteiger partial charge in [0.25, 0.3) is 5.56 Å². The molecular formula is C11H14FN3O. The zero-order valence-electron chi connectivity index (χ0n) is 9.57. The number of rotatable bonds is 2. The smallest absolute Gasteiger partial charge is 0.265 e. The first-order valence-electron chi connectivity index (χ1n) is 5.28. The van der Waals surface area contributed by atoms with Gasteiger partial charge >= 0.3 is 0 Å². The fraction of sp³-hybridized carbons (Fsp3) is 0.455. The van der Waals surface area contributed by atoms with Gasteiger partial charge in [-0.3, -0.25) is 4.79 Å². The first kappa shape index (κ1) is 10.9. The second-order valence-electron chi connectivity index (χ2n) is 4.00. The summed E-state index contributed by atoms with van der Waals surface area (Å²) in [4.78, 5) is 15.9. The van der Waals surface area contributed by atoms with Crippen molar-refractivity contribution in [2.24, 2.45) is 7.05 Å². The summed E-state index contributed by atoms with van der Waals surface area (Å²) in [5.74, 6) is -0.496. The van der Waals surface area contributed by atoms with E-state index < -0.39 is 5.82 Å². The van der Waals surface area contributed by atoms with Crippen LogP contribution in [0.5, 0.6) is 0 Å². The number of halogens is 1. The molecule has 0 aromatic carbocycles. The molecule has 0 saturated carbocycles. The molecule has 4 nitrogen and oxygen atoms in total. The van der Waals surface area contributed by atoms with Gasteiger partial charge in [0, 0.05) is 19.3 Å². The molecule has 1 unspecified atom stereocenters. The van der Waals surface area contributed by atoms with Crippen molar-refractivity contribution in [1.29, 1.82) is 0 Å². The Morgan fingerprint density at radius 1 is 1.56 bits per heavy atom. The van der Waals surface area contributed by atoms with E-state index in [1.54, 1.807) is 11.6 Å². The van der Waals surface area contributed by atoms with Crippen LogP contribution >= 0.6 is 0 Å². The lowest BCUT2D eigenvalue weighted by Crippen LogP contribution is -2.17. The summed E-state index contributed by atoms with van der Waals surface area (Å²) >= 11 is 0. The zero-order valence-corrected chi connectivity index (χ0v) is 9.57. The van der Waals surface area contributed by atoms with Gasteiger partial charge in [-0.1, -0.05) is 6.92 Å². The molecule has 0 fully saturated rings. The zero-order chi connectivity index (χ0) is 11.9. The predicted octanol–water partition coefficient (Wildman–Crippen LogP) is 1.85. The Kier molecular flexibility index (Phi) is 2.53. The normalized spacial score (nSPS) is 13.2. The Labute approximate surface area is 92.3 Å². The van der Waals surface area contributed by atoms with Crippen LogP contribution in [0.2, 0.25) is 0 Å². The van der Waals surface area contributed by atoms with Crippen LogP contribution < -0.4 is 5.56 Å². The molecule has 0 bridgehead atoms. The van der Waals surface area contributed by atoms with Crippen LogP contribution in [0.15, 0.2) is 17.3 Å². The molecule has 2 aromatic rings. The highest BCUT2D eigenvalue weighted by Gasteiger charge is 2.16. The molecule has 0 spiro atoms. The van der Waals surface area contributed by atoms with E-state index >= 15 is 0 Å². The lowest BCUT2D eigenvalue weighted by atomic mass is 10.2. The Balaban J connectivity index is 2.82. The quantitative estimate of drug-likeness (QED) is 0.779. The van der Waals surface area contributed by atoms with Crippen LogP contribution in [0.25, 0.3) is 11.0 Å². The largest absolute Gasteiger partial charge is 0.326 e. The van der Waals surface area contributed by atoms with Gasteiger partial charge in [-0.25, -0.2) is 9.37 Å². The van der Waals surface area contributed by atoms with Crippen molar-refractivity contribution in [3.63, 3.8) is 0 Å². The molecular weight excluding hydrogens is 209 g/mol. The fourth-order valence-electron chi connectivity index (χ4n) is 1.72. The van der Waals surface area contributed by atoms with Crippen LogP contribution in [-0.2, 0) is 7.05 Å². The van der Waals surface area contributed by atoms with E-state index in [4.69, 9.17) is 0 Å². The molecule has 0 saturated heterocycles. The molecule has 86 valence electrons. The minimum absolute atomic E-state index is 0.0744. The van der Waals surface area contributed by atoms with Crippen LogP contribution in [-0.4, -0.2) is 14.1 Å². The molecule has 2 aromatic heterocycles.